The van der Waals surface area contributed by atoms with Crippen molar-refractivity contribution >= 4 is 0 Å². The predicted molar refractivity (Wildman–Crippen MR) is 239 cm³/mol. The maximum atomic E-state index is 12.8. The third-order valence-electron chi connectivity index (χ3n) is 18.2. The fraction of sp³-hybridized carbons (Fsp3) is 0.547. The summed E-state index contributed by atoms with van der Waals surface area (Å²) >= 11 is 0. The molecule has 6 aliphatic carbocycles. The molecule has 14 rings (SSSR count). The number of aliphatic hydroxyl groups is 2. The molecule has 63 heavy (non-hydrogen) atoms. The maximum absolute atomic E-state index is 12.8. The van der Waals surface area contributed by atoms with Crippen LogP contribution in [0, 0.1) is 11.8 Å². The van der Waals surface area contributed by atoms with Gasteiger partial charge in [-0.05, 0) is 136 Å². The van der Waals surface area contributed by atoms with Gasteiger partial charge in [-0.25, -0.2) is 0 Å². The van der Waals surface area contributed by atoms with Crippen molar-refractivity contribution in [3.05, 3.63) is 118 Å². The molecule has 4 saturated carbocycles. The largest absolute Gasteiger partial charge is 0.504 e. The number of piperidine rings is 2. The first kappa shape index (κ1) is 39.2. The van der Waals surface area contributed by atoms with Crippen molar-refractivity contribution in [2.75, 3.05) is 26.2 Å². The molecule has 4 aromatic rings. The summed E-state index contributed by atoms with van der Waals surface area (Å²) in [6.45, 7) is 4.18. The highest BCUT2D eigenvalue weighted by molar-refractivity contribution is 5.64. The number of phenolic OH excluding ortho intramolecular Hbond substituents is 2. The summed E-state index contributed by atoms with van der Waals surface area (Å²) in [5, 5.41) is 50.2. The minimum Gasteiger partial charge on any atom is -0.504 e. The third kappa shape index (κ3) is 5.45. The minimum atomic E-state index is -0.857. The topological polar surface area (TPSA) is 144 Å². The zero-order valence-electron chi connectivity index (χ0n) is 36.2. The van der Waals surface area contributed by atoms with E-state index in [1.807, 2.05) is 6.07 Å². The normalized spacial score (nSPS) is 37.6. The lowest BCUT2D eigenvalue weighted by Crippen LogP contribution is -2.78. The van der Waals surface area contributed by atoms with E-state index in [-0.39, 0.29) is 53.9 Å². The smallest absolute Gasteiger partial charge is 0.165 e. The van der Waals surface area contributed by atoms with E-state index in [0.717, 1.165) is 101 Å². The van der Waals surface area contributed by atoms with Gasteiger partial charge in [0.05, 0.1) is 28.1 Å². The summed E-state index contributed by atoms with van der Waals surface area (Å²) in [4.78, 5) is 5.14. The Morgan fingerprint density at radius 3 is 1.59 bits per heavy atom. The number of rotatable bonds is 8. The number of hydrogen-bond donors (Lipinski definition) is 6. The first-order valence-corrected chi connectivity index (χ1v) is 24.2. The van der Waals surface area contributed by atoms with E-state index in [2.05, 4.69) is 81.8 Å². The van der Waals surface area contributed by atoms with Gasteiger partial charge < -0.3 is 35.6 Å². The first-order valence-electron chi connectivity index (χ1n) is 24.2. The molecule has 0 aromatic heterocycles. The molecule has 0 radical (unpaired) electrons. The van der Waals surface area contributed by atoms with E-state index in [1.54, 1.807) is 12.1 Å². The predicted octanol–water partition coefficient (Wildman–Crippen LogP) is 5.99. The van der Waals surface area contributed by atoms with Gasteiger partial charge in [0.15, 0.2) is 23.0 Å². The summed E-state index contributed by atoms with van der Waals surface area (Å²) in [6.07, 6.45) is 11.3. The molecule has 0 amide bonds. The number of likely N-dealkylation sites (tertiary alicyclic amines) is 2. The van der Waals surface area contributed by atoms with Crippen molar-refractivity contribution < 1.29 is 29.9 Å². The Hall–Kier alpha value is -4.16. The van der Waals surface area contributed by atoms with Gasteiger partial charge in [0.1, 0.15) is 12.2 Å². The second-order valence-corrected chi connectivity index (χ2v) is 21.3. The minimum absolute atomic E-state index is 0.0136. The molecule has 330 valence electrons. The molecule has 6 fully saturated rings. The van der Waals surface area contributed by atoms with Crippen LogP contribution in [0.4, 0.5) is 0 Å². The lowest BCUT2D eigenvalue weighted by Gasteiger charge is -2.64. The van der Waals surface area contributed by atoms with Gasteiger partial charge >= 0.3 is 0 Å². The Balaban J connectivity index is 0.000000139. The lowest BCUT2D eigenvalue weighted by molar-refractivity contribution is -0.192. The van der Waals surface area contributed by atoms with Crippen LogP contribution >= 0.6 is 0 Å². The van der Waals surface area contributed by atoms with E-state index in [9.17, 15) is 20.4 Å². The average Bonchev–Trinajstić information content (AvgIpc) is 4.23. The molecular formula is C53H62N4O6. The Kier molecular flexibility index (Phi) is 8.67. The molecule has 10 aliphatic rings. The standard InChI is InChI=1S/C33H36N2O3.C20H26N2O3/c36-26-14-13-24-19-27-33(37)16-15-25(34-29(22-7-3-1-4-8-22)23-9-5-2-6-10-23)31-32(33,28(24)30(26)38-31)17-18-35(27)20-21-11-12-21;21-13-5-6-20(24)15-9-12-3-4-14(23)17-16(12)19(20,18(13)25-17)7-8-22(15)10-11-1-2-11/h1-10,13-14,21,25,27,29,31,34,36-37H,11-12,15-20H2;3-4,11,13,15,18,23-24H,1-2,5-10,21H2/t25-,27-,31+,32+,33-;13-,15-,18+,19+,20-/m11/s1. The number of phenols is 2. The van der Waals surface area contributed by atoms with Crippen LogP contribution in [0.15, 0.2) is 84.9 Å². The molecule has 4 heterocycles. The second kappa shape index (κ2) is 13.9. The van der Waals surface area contributed by atoms with Crippen LogP contribution in [0.1, 0.15) is 104 Å². The van der Waals surface area contributed by atoms with Crippen LogP contribution in [0.25, 0.3) is 0 Å². The van der Waals surface area contributed by atoms with E-state index < -0.39 is 22.0 Å². The molecular weight excluding hydrogens is 789 g/mol. The van der Waals surface area contributed by atoms with Crippen molar-refractivity contribution in [1.29, 1.82) is 0 Å². The number of nitrogens with one attached hydrogen (secondary N) is 1. The molecule has 0 unspecified atom stereocenters. The highest BCUT2D eigenvalue weighted by Crippen LogP contribution is 2.67. The zero-order valence-corrected chi connectivity index (χ0v) is 36.2. The number of aromatic hydroxyl groups is 2. The van der Waals surface area contributed by atoms with Gasteiger partial charge in [0.25, 0.3) is 0 Å². The van der Waals surface area contributed by atoms with Gasteiger partial charge in [-0.15, -0.1) is 0 Å². The highest BCUT2D eigenvalue weighted by atomic mass is 16.5. The van der Waals surface area contributed by atoms with E-state index in [1.165, 1.54) is 47.9 Å². The van der Waals surface area contributed by atoms with Crippen molar-refractivity contribution in [2.45, 2.75) is 141 Å². The number of benzene rings is 4. The molecule has 4 aliphatic heterocycles. The summed E-state index contributed by atoms with van der Waals surface area (Å²) in [5.74, 6) is 3.20. The molecule has 2 saturated heterocycles. The van der Waals surface area contributed by atoms with Crippen LogP contribution in [-0.2, 0) is 23.7 Å². The third-order valence-corrected chi connectivity index (χ3v) is 18.2. The zero-order chi connectivity index (χ0) is 42.5. The Bertz CT molecular complexity index is 2410. The highest BCUT2D eigenvalue weighted by Gasteiger charge is 2.74. The number of nitrogens with zero attached hydrogens (tertiary/aromatic N) is 2. The van der Waals surface area contributed by atoms with E-state index >= 15 is 0 Å². The summed E-state index contributed by atoms with van der Waals surface area (Å²) < 4.78 is 13.1. The monoisotopic (exact) mass is 850 g/mol. The summed E-state index contributed by atoms with van der Waals surface area (Å²) in [7, 11) is 0. The number of hydrogen-bond acceptors (Lipinski definition) is 10. The van der Waals surface area contributed by atoms with Gasteiger partial charge in [0, 0.05) is 48.4 Å². The van der Waals surface area contributed by atoms with Crippen molar-refractivity contribution in [3.63, 3.8) is 0 Å². The van der Waals surface area contributed by atoms with Crippen LogP contribution in [0.3, 0.4) is 0 Å². The number of nitrogens with two attached hydrogens (primary N) is 1. The molecule has 10 heteroatoms. The van der Waals surface area contributed by atoms with Crippen molar-refractivity contribution in [1.82, 2.24) is 15.1 Å². The molecule has 10 nitrogen and oxygen atoms in total. The maximum Gasteiger partial charge on any atom is 0.165 e. The van der Waals surface area contributed by atoms with Crippen molar-refractivity contribution in [3.8, 4) is 23.0 Å². The van der Waals surface area contributed by atoms with Gasteiger partial charge in [-0.2, -0.15) is 0 Å². The van der Waals surface area contributed by atoms with Gasteiger partial charge in [-0.1, -0.05) is 72.8 Å². The molecule has 4 aromatic carbocycles. The van der Waals surface area contributed by atoms with Gasteiger partial charge in [0.2, 0.25) is 0 Å². The van der Waals surface area contributed by atoms with Crippen LogP contribution in [0.5, 0.6) is 23.0 Å². The molecule has 10 atom stereocenters. The fourth-order valence-electron chi connectivity index (χ4n) is 15.1. The molecule has 7 N–H and O–H groups in total. The van der Waals surface area contributed by atoms with Crippen LogP contribution in [-0.4, -0.2) is 104 Å². The second-order valence-electron chi connectivity index (χ2n) is 21.3. The van der Waals surface area contributed by atoms with E-state index in [4.69, 9.17) is 15.2 Å². The number of ether oxygens (including phenoxy) is 2. The Morgan fingerprint density at radius 1 is 0.603 bits per heavy atom. The Morgan fingerprint density at radius 2 is 1.08 bits per heavy atom. The van der Waals surface area contributed by atoms with Gasteiger partial charge in [-0.3, -0.25) is 15.1 Å². The summed E-state index contributed by atoms with van der Waals surface area (Å²) in [5.41, 5.74) is 10.9. The quantitative estimate of drug-likeness (QED) is 0.125. The average molecular weight is 851 g/mol. The van der Waals surface area contributed by atoms with Crippen LogP contribution < -0.4 is 20.5 Å². The SMILES string of the molecule is N[C@@H]1CC[C@@]2(O)[C@H]3Cc4ccc(O)c5c4[C@@]2(CCN3CC2CC2)[C@H]1O5.Oc1ccc2c3c1O[C@H]1[C@H](NC(c4ccccc4)c4ccccc4)CC[C@@]4(O)[C@@H](C2)N(CC2CC2)CC[C@]314. The lowest BCUT2D eigenvalue weighted by atomic mass is 9.48. The fourth-order valence-corrected chi connectivity index (χ4v) is 15.1. The summed E-state index contributed by atoms with van der Waals surface area (Å²) in [6, 6.07) is 29.1. The van der Waals surface area contributed by atoms with E-state index in [0.29, 0.717) is 11.5 Å². The molecule has 2 spiro atoms. The Labute approximate surface area is 370 Å². The van der Waals surface area contributed by atoms with Crippen LogP contribution in [0.2, 0.25) is 0 Å². The first-order chi connectivity index (χ1) is 30.6. The van der Waals surface area contributed by atoms with Crippen molar-refractivity contribution in [2.24, 2.45) is 17.6 Å². The molecule has 4 bridgehead atoms.